The topological polar surface area (TPSA) is 32.3 Å². The Kier molecular flexibility index (Phi) is 5.18. The van der Waals surface area contributed by atoms with Gasteiger partial charge in [-0.15, -0.1) is 11.3 Å². The van der Waals surface area contributed by atoms with E-state index in [2.05, 4.69) is 52.0 Å². The normalized spacial score (nSPS) is 19.5. The van der Waals surface area contributed by atoms with Crippen LogP contribution in [-0.4, -0.2) is 23.9 Å². The molecule has 1 amide bonds. The summed E-state index contributed by atoms with van der Waals surface area (Å²) in [7, 11) is 0. The molecule has 1 aliphatic carbocycles. The number of hydrogen-bond acceptors (Lipinski definition) is 3. The van der Waals surface area contributed by atoms with Crippen LogP contribution in [0.15, 0.2) is 41.8 Å². The predicted molar refractivity (Wildman–Crippen MR) is 103 cm³/mol. The fourth-order valence-corrected chi connectivity index (χ4v) is 5.06. The molecule has 0 spiro atoms. The number of carbonyl (C=O) groups is 1. The van der Waals surface area contributed by atoms with Crippen molar-refractivity contribution in [2.24, 2.45) is 5.92 Å². The summed E-state index contributed by atoms with van der Waals surface area (Å²) >= 11 is 1.80. The first kappa shape index (κ1) is 16.8. The zero-order valence-electron chi connectivity index (χ0n) is 14.6. The number of rotatable bonds is 5. The summed E-state index contributed by atoms with van der Waals surface area (Å²) in [5.41, 5.74) is 2.90. The van der Waals surface area contributed by atoms with Crippen LogP contribution in [0.3, 0.4) is 0 Å². The summed E-state index contributed by atoms with van der Waals surface area (Å²) in [6.45, 7) is 2.74. The molecule has 0 radical (unpaired) electrons. The van der Waals surface area contributed by atoms with Crippen molar-refractivity contribution in [3.63, 3.8) is 0 Å². The van der Waals surface area contributed by atoms with E-state index in [4.69, 9.17) is 0 Å². The van der Waals surface area contributed by atoms with E-state index in [1.807, 2.05) is 0 Å². The standard InChI is InChI=1S/C21H26N2OS/c24-21(17-7-2-3-8-17)22-14-19(20-10-5-13-25-20)23-12-11-16-6-1-4-9-18(16)15-23/h1,4-6,9-10,13,17,19H,2-3,7-8,11-12,14-15H2,(H,22,24)/t19-/m1/s1. The molecule has 4 rings (SSSR count). The van der Waals surface area contributed by atoms with Crippen LogP contribution in [0.4, 0.5) is 0 Å². The second kappa shape index (κ2) is 7.71. The second-order valence-electron chi connectivity index (χ2n) is 7.25. The van der Waals surface area contributed by atoms with E-state index in [1.54, 1.807) is 11.3 Å². The minimum Gasteiger partial charge on any atom is -0.354 e. The Hall–Kier alpha value is -1.65. The van der Waals surface area contributed by atoms with Gasteiger partial charge in [-0.25, -0.2) is 0 Å². The number of fused-ring (bicyclic) bond motifs is 1. The van der Waals surface area contributed by atoms with Gasteiger partial charge in [0, 0.05) is 30.4 Å². The molecule has 1 N–H and O–H groups in total. The number of thiophene rings is 1. The van der Waals surface area contributed by atoms with Crippen molar-refractivity contribution in [2.75, 3.05) is 13.1 Å². The van der Waals surface area contributed by atoms with Crippen LogP contribution < -0.4 is 5.32 Å². The summed E-state index contributed by atoms with van der Waals surface area (Å²) in [6, 6.07) is 13.3. The fraction of sp³-hybridized carbons (Fsp3) is 0.476. The lowest BCUT2D eigenvalue weighted by atomic mass is 9.98. The minimum atomic E-state index is 0.242. The lowest BCUT2D eigenvalue weighted by Gasteiger charge is -2.35. The molecule has 0 saturated heterocycles. The number of nitrogens with one attached hydrogen (secondary N) is 1. The monoisotopic (exact) mass is 354 g/mol. The molecule has 0 bridgehead atoms. The largest absolute Gasteiger partial charge is 0.354 e. The first-order valence-electron chi connectivity index (χ1n) is 9.43. The number of benzene rings is 1. The maximum absolute atomic E-state index is 12.5. The van der Waals surface area contributed by atoms with Gasteiger partial charge in [-0.3, -0.25) is 9.69 Å². The second-order valence-corrected chi connectivity index (χ2v) is 8.23. The van der Waals surface area contributed by atoms with Gasteiger partial charge in [0.05, 0.1) is 6.04 Å². The summed E-state index contributed by atoms with van der Waals surface area (Å²) < 4.78 is 0. The van der Waals surface area contributed by atoms with Gasteiger partial charge >= 0.3 is 0 Å². The van der Waals surface area contributed by atoms with Gasteiger partial charge < -0.3 is 5.32 Å². The van der Waals surface area contributed by atoms with Crippen LogP contribution in [0.1, 0.15) is 47.7 Å². The highest BCUT2D eigenvalue weighted by Crippen LogP contribution is 2.30. The molecular weight excluding hydrogens is 328 g/mol. The summed E-state index contributed by atoms with van der Waals surface area (Å²) in [6.07, 6.45) is 5.62. The molecule has 25 heavy (non-hydrogen) atoms. The molecule has 1 fully saturated rings. The third-order valence-electron chi connectivity index (χ3n) is 5.67. The minimum absolute atomic E-state index is 0.242. The Bertz CT molecular complexity index is 706. The zero-order valence-corrected chi connectivity index (χ0v) is 15.4. The van der Waals surface area contributed by atoms with E-state index in [0.29, 0.717) is 0 Å². The quantitative estimate of drug-likeness (QED) is 0.875. The average Bonchev–Trinajstić information content (AvgIpc) is 3.35. The summed E-state index contributed by atoms with van der Waals surface area (Å²) in [5, 5.41) is 5.40. The summed E-state index contributed by atoms with van der Waals surface area (Å²) in [4.78, 5) is 16.4. The van der Waals surface area contributed by atoms with Crippen molar-refractivity contribution >= 4 is 17.2 Å². The Morgan fingerprint density at radius 3 is 2.72 bits per heavy atom. The van der Waals surface area contributed by atoms with E-state index in [9.17, 15) is 4.79 Å². The number of amides is 1. The first-order chi connectivity index (χ1) is 12.3. The molecule has 1 atom stereocenters. The molecule has 1 aromatic heterocycles. The van der Waals surface area contributed by atoms with Gasteiger partial charge in [0.15, 0.2) is 0 Å². The molecule has 4 heteroatoms. The van der Waals surface area contributed by atoms with Gasteiger partial charge in [-0.1, -0.05) is 43.2 Å². The third-order valence-corrected chi connectivity index (χ3v) is 6.64. The van der Waals surface area contributed by atoms with Crippen molar-refractivity contribution in [3.05, 3.63) is 57.8 Å². The molecule has 2 aliphatic rings. The van der Waals surface area contributed by atoms with Crippen LogP contribution in [-0.2, 0) is 17.8 Å². The number of hydrogen-bond donors (Lipinski definition) is 1. The number of nitrogens with zero attached hydrogens (tertiary/aromatic N) is 1. The van der Waals surface area contributed by atoms with Crippen LogP contribution in [0.2, 0.25) is 0 Å². The molecule has 1 aliphatic heterocycles. The van der Waals surface area contributed by atoms with Crippen molar-refractivity contribution in [1.82, 2.24) is 10.2 Å². The lowest BCUT2D eigenvalue weighted by Crippen LogP contribution is -2.41. The Labute approximate surface area is 154 Å². The van der Waals surface area contributed by atoms with E-state index in [-0.39, 0.29) is 17.9 Å². The Morgan fingerprint density at radius 2 is 1.96 bits per heavy atom. The molecular formula is C21H26N2OS. The molecule has 2 heterocycles. The van der Waals surface area contributed by atoms with E-state index in [0.717, 1.165) is 38.9 Å². The maximum Gasteiger partial charge on any atom is 0.223 e. The highest BCUT2D eigenvalue weighted by atomic mass is 32.1. The average molecular weight is 355 g/mol. The maximum atomic E-state index is 12.5. The van der Waals surface area contributed by atoms with Gasteiger partial charge in [-0.05, 0) is 41.8 Å². The molecule has 2 aromatic rings. The van der Waals surface area contributed by atoms with Gasteiger partial charge in [-0.2, -0.15) is 0 Å². The SMILES string of the molecule is O=C(NC[C@H](c1cccs1)N1CCc2ccccc2C1)C1CCCC1. The van der Waals surface area contributed by atoms with Crippen molar-refractivity contribution in [3.8, 4) is 0 Å². The predicted octanol–water partition coefficient (Wildman–Crippen LogP) is 4.15. The molecule has 1 saturated carbocycles. The van der Waals surface area contributed by atoms with Crippen LogP contribution in [0, 0.1) is 5.92 Å². The molecule has 132 valence electrons. The van der Waals surface area contributed by atoms with Crippen molar-refractivity contribution < 1.29 is 4.79 Å². The van der Waals surface area contributed by atoms with E-state index < -0.39 is 0 Å². The van der Waals surface area contributed by atoms with E-state index in [1.165, 1.54) is 28.8 Å². The fourth-order valence-electron chi connectivity index (χ4n) is 4.20. The van der Waals surface area contributed by atoms with Crippen LogP contribution in [0.25, 0.3) is 0 Å². The zero-order chi connectivity index (χ0) is 17.1. The van der Waals surface area contributed by atoms with E-state index >= 15 is 0 Å². The molecule has 3 nitrogen and oxygen atoms in total. The summed E-state index contributed by atoms with van der Waals surface area (Å²) in [5.74, 6) is 0.502. The number of carbonyl (C=O) groups excluding carboxylic acids is 1. The van der Waals surface area contributed by atoms with Crippen molar-refractivity contribution in [1.29, 1.82) is 0 Å². The van der Waals surface area contributed by atoms with Gasteiger partial charge in [0.25, 0.3) is 0 Å². The van der Waals surface area contributed by atoms with Gasteiger partial charge in [0.2, 0.25) is 5.91 Å². The first-order valence-corrected chi connectivity index (χ1v) is 10.3. The van der Waals surface area contributed by atoms with Crippen LogP contribution in [0.5, 0.6) is 0 Å². The Balaban J connectivity index is 1.46. The highest BCUT2D eigenvalue weighted by Gasteiger charge is 2.28. The van der Waals surface area contributed by atoms with Crippen molar-refractivity contribution in [2.45, 2.75) is 44.7 Å². The molecule has 0 unspecified atom stereocenters. The highest BCUT2D eigenvalue weighted by molar-refractivity contribution is 7.10. The lowest BCUT2D eigenvalue weighted by molar-refractivity contribution is -0.125. The van der Waals surface area contributed by atoms with Crippen LogP contribution >= 0.6 is 11.3 Å². The van der Waals surface area contributed by atoms with Gasteiger partial charge in [0.1, 0.15) is 0 Å². The smallest absolute Gasteiger partial charge is 0.223 e. The third kappa shape index (κ3) is 3.80. The Morgan fingerprint density at radius 1 is 1.16 bits per heavy atom. The molecule has 1 aromatic carbocycles.